The van der Waals surface area contributed by atoms with Gasteiger partial charge in [0.25, 0.3) is 0 Å². The summed E-state index contributed by atoms with van der Waals surface area (Å²) in [6.07, 6.45) is 0.554. The molecule has 8 heteroatoms. The summed E-state index contributed by atoms with van der Waals surface area (Å²) >= 11 is 0. The summed E-state index contributed by atoms with van der Waals surface area (Å²) in [5.41, 5.74) is 4.34. The largest absolute Gasteiger partial charge is 0.480 e. The molecule has 186 valence electrons. The number of rotatable bonds is 7. The normalized spacial score (nSPS) is 13.3. The highest BCUT2D eigenvalue weighted by atomic mass is 16.6. The third-order valence-corrected chi connectivity index (χ3v) is 5.81. The van der Waals surface area contributed by atoms with Crippen LogP contribution >= 0.6 is 0 Å². The number of benzene rings is 2. The summed E-state index contributed by atoms with van der Waals surface area (Å²) in [4.78, 5) is 40.5. The van der Waals surface area contributed by atoms with E-state index in [9.17, 15) is 19.5 Å². The van der Waals surface area contributed by atoms with Crippen molar-refractivity contribution >= 4 is 18.0 Å². The van der Waals surface area contributed by atoms with E-state index in [1.165, 1.54) is 12.3 Å². The summed E-state index contributed by atoms with van der Waals surface area (Å²) in [6, 6.07) is 17.8. The highest BCUT2D eigenvalue weighted by molar-refractivity contribution is 5.87. The molecule has 0 spiro atoms. The van der Waals surface area contributed by atoms with Crippen molar-refractivity contribution in [2.24, 2.45) is 0 Å². The Morgan fingerprint density at radius 2 is 1.58 bits per heavy atom. The molecule has 1 heterocycles. The molecular weight excluding hydrogens is 460 g/mol. The molecule has 1 aliphatic carbocycles. The average Bonchev–Trinajstić information content (AvgIpc) is 3.15. The smallest absolute Gasteiger partial charge is 0.407 e. The van der Waals surface area contributed by atoms with Crippen LogP contribution in [0, 0.1) is 0 Å². The number of pyridine rings is 1. The van der Waals surface area contributed by atoms with Crippen molar-refractivity contribution in [3.63, 3.8) is 0 Å². The molecule has 0 aliphatic heterocycles. The van der Waals surface area contributed by atoms with Crippen LogP contribution in [0.25, 0.3) is 11.1 Å². The lowest BCUT2D eigenvalue weighted by molar-refractivity contribution is -0.139. The second kappa shape index (κ2) is 10.2. The Kier molecular flexibility index (Phi) is 7.05. The van der Waals surface area contributed by atoms with E-state index in [0.717, 1.165) is 22.3 Å². The van der Waals surface area contributed by atoms with E-state index in [-0.39, 0.29) is 24.6 Å². The Labute approximate surface area is 209 Å². The van der Waals surface area contributed by atoms with Gasteiger partial charge in [0.1, 0.15) is 23.9 Å². The molecule has 1 amide bonds. The topological polar surface area (TPSA) is 115 Å². The van der Waals surface area contributed by atoms with Crippen LogP contribution in [0.5, 0.6) is 0 Å². The van der Waals surface area contributed by atoms with Gasteiger partial charge in [-0.3, -0.25) is 0 Å². The SMILES string of the molecule is CC(C)(C)OC(=O)c1ccc(C[C@H](NC(=O)OCC2c3ccccc3-c3ccccc32)C(=O)O)cn1. The number of alkyl carbamates (subject to hydrolysis) is 1. The van der Waals surface area contributed by atoms with Gasteiger partial charge in [0.05, 0.1) is 0 Å². The molecule has 0 fully saturated rings. The first kappa shape index (κ1) is 24.9. The summed E-state index contributed by atoms with van der Waals surface area (Å²) < 4.78 is 10.7. The number of nitrogens with one attached hydrogen (secondary N) is 1. The Hall–Kier alpha value is -4.20. The van der Waals surface area contributed by atoms with Crippen LogP contribution in [-0.4, -0.2) is 46.4 Å². The van der Waals surface area contributed by atoms with Crippen LogP contribution in [-0.2, 0) is 20.7 Å². The molecule has 1 atom stereocenters. The van der Waals surface area contributed by atoms with Gasteiger partial charge in [0, 0.05) is 18.5 Å². The third kappa shape index (κ3) is 5.71. The summed E-state index contributed by atoms with van der Waals surface area (Å²) in [6.45, 7) is 5.35. The van der Waals surface area contributed by atoms with Gasteiger partial charge in [-0.15, -0.1) is 0 Å². The average molecular weight is 489 g/mol. The van der Waals surface area contributed by atoms with Gasteiger partial charge in [-0.05, 0) is 54.7 Å². The van der Waals surface area contributed by atoms with Crippen molar-refractivity contribution in [3.8, 4) is 11.1 Å². The monoisotopic (exact) mass is 488 g/mol. The number of aliphatic carboxylic acids is 1. The second-order valence-electron chi connectivity index (χ2n) is 9.62. The molecule has 8 nitrogen and oxygen atoms in total. The first-order valence-corrected chi connectivity index (χ1v) is 11.6. The number of aromatic nitrogens is 1. The third-order valence-electron chi connectivity index (χ3n) is 5.81. The second-order valence-corrected chi connectivity index (χ2v) is 9.62. The van der Waals surface area contributed by atoms with Gasteiger partial charge in [-0.1, -0.05) is 54.6 Å². The van der Waals surface area contributed by atoms with E-state index in [4.69, 9.17) is 9.47 Å². The molecule has 36 heavy (non-hydrogen) atoms. The van der Waals surface area contributed by atoms with Gasteiger partial charge >= 0.3 is 18.0 Å². The molecule has 3 aromatic rings. The Morgan fingerprint density at radius 1 is 0.972 bits per heavy atom. The standard InChI is InChI=1S/C28H28N2O6/c1-28(2,3)36-26(33)23-13-12-17(15-29-23)14-24(25(31)32)30-27(34)35-16-22-20-10-6-4-8-18(20)19-9-5-7-11-21(19)22/h4-13,15,22,24H,14,16H2,1-3H3,(H,30,34)(H,31,32)/t24-/m0/s1. The number of carboxylic acid groups (broad SMARTS) is 1. The molecular formula is C28H28N2O6. The zero-order chi connectivity index (χ0) is 25.9. The lowest BCUT2D eigenvalue weighted by Gasteiger charge is -2.19. The number of hydrogen-bond acceptors (Lipinski definition) is 6. The highest BCUT2D eigenvalue weighted by Gasteiger charge is 2.30. The number of amides is 1. The number of nitrogens with zero attached hydrogens (tertiary/aromatic N) is 1. The minimum Gasteiger partial charge on any atom is -0.480 e. The number of carboxylic acids is 1. The number of carbonyl (C=O) groups excluding carboxylic acids is 2. The Bertz CT molecular complexity index is 1230. The molecule has 0 saturated carbocycles. The quantitative estimate of drug-likeness (QED) is 0.468. The van der Waals surface area contributed by atoms with Crippen molar-refractivity contribution in [1.29, 1.82) is 0 Å². The molecule has 4 rings (SSSR count). The van der Waals surface area contributed by atoms with Crippen LogP contribution in [0.15, 0.2) is 66.9 Å². The first-order chi connectivity index (χ1) is 17.1. The van der Waals surface area contributed by atoms with Crippen molar-refractivity contribution in [1.82, 2.24) is 10.3 Å². The van der Waals surface area contributed by atoms with E-state index < -0.39 is 29.7 Å². The molecule has 0 saturated heterocycles. The fraction of sp³-hybridized carbons (Fsp3) is 0.286. The van der Waals surface area contributed by atoms with Crippen molar-refractivity contribution in [3.05, 3.63) is 89.2 Å². The number of fused-ring (bicyclic) bond motifs is 3. The van der Waals surface area contributed by atoms with E-state index >= 15 is 0 Å². The van der Waals surface area contributed by atoms with Gasteiger partial charge < -0.3 is 19.9 Å². The van der Waals surface area contributed by atoms with Crippen LogP contribution < -0.4 is 5.32 Å². The summed E-state index contributed by atoms with van der Waals surface area (Å²) in [5, 5.41) is 12.1. The highest BCUT2D eigenvalue weighted by Crippen LogP contribution is 2.44. The fourth-order valence-electron chi connectivity index (χ4n) is 4.21. The van der Waals surface area contributed by atoms with E-state index in [0.29, 0.717) is 5.56 Å². The van der Waals surface area contributed by atoms with Crippen LogP contribution in [0.2, 0.25) is 0 Å². The van der Waals surface area contributed by atoms with E-state index in [2.05, 4.69) is 10.3 Å². The lowest BCUT2D eigenvalue weighted by Crippen LogP contribution is -2.43. The number of ether oxygens (including phenoxy) is 2. The van der Waals surface area contributed by atoms with Crippen molar-refractivity contribution in [2.75, 3.05) is 6.61 Å². The predicted octanol–water partition coefficient (Wildman–Crippen LogP) is 4.57. The zero-order valence-corrected chi connectivity index (χ0v) is 20.4. The molecule has 2 N–H and O–H groups in total. The minimum absolute atomic E-state index is 0.0267. The summed E-state index contributed by atoms with van der Waals surface area (Å²) in [5.74, 6) is -1.91. The molecule has 0 bridgehead atoms. The maximum atomic E-state index is 12.5. The molecule has 1 aromatic heterocycles. The molecule has 2 aromatic carbocycles. The fourth-order valence-corrected chi connectivity index (χ4v) is 4.21. The maximum Gasteiger partial charge on any atom is 0.407 e. The lowest BCUT2D eigenvalue weighted by atomic mass is 9.98. The Morgan fingerprint density at radius 3 is 2.11 bits per heavy atom. The van der Waals surface area contributed by atoms with Crippen LogP contribution in [0.3, 0.4) is 0 Å². The number of hydrogen-bond donors (Lipinski definition) is 2. The van der Waals surface area contributed by atoms with Crippen LogP contribution in [0.4, 0.5) is 4.79 Å². The summed E-state index contributed by atoms with van der Waals surface area (Å²) in [7, 11) is 0. The van der Waals surface area contributed by atoms with Gasteiger partial charge in [-0.25, -0.2) is 19.4 Å². The van der Waals surface area contributed by atoms with Crippen molar-refractivity contribution in [2.45, 2.75) is 44.8 Å². The number of carbonyl (C=O) groups is 3. The van der Waals surface area contributed by atoms with Gasteiger partial charge in [0.2, 0.25) is 0 Å². The van der Waals surface area contributed by atoms with Crippen molar-refractivity contribution < 1.29 is 29.0 Å². The number of esters is 1. The van der Waals surface area contributed by atoms with Crippen LogP contribution in [0.1, 0.15) is 53.9 Å². The first-order valence-electron chi connectivity index (χ1n) is 11.6. The van der Waals surface area contributed by atoms with Gasteiger partial charge in [-0.2, -0.15) is 0 Å². The van der Waals surface area contributed by atoms with E-state index in [1.807, 2.05) is 48.5 Å². The molecule has 1 aliphatic rings. The minimum atomic E-state index is -1.23. The predicted molar refractivity (Wildman–Crippen MR) is 133 cm³/mol. The zero-order valence-electron chi connectivity index (χ0n) is 20.4. The van der Waals surface area contributed by atoms with E-state index in [1.54, 1.807) is 26.8 Å². The van der Waals surface area contributed by atoms with Gasteiger partial charge in [0.15, 0.2) is 0 Å². The maximum absolute atomic E-state index is 12.5. The molecule has 0 radical (unpaired) electrons. The Balaban J connectivity index is 1.37. The molecule has 0 unspecified atom stereocenters.